The second-order valence-electron chi connectivity index (χ2n) is 5.79. The van der Waals surface area contributed by atoms with Crippen molar-refractivity contribution in [2.45, 2.75) is 20.3 Å². The SMILES string of the molecule is C=C(C)C(=O)OCCc1cc(C(=O)O)c(C(=O)OC(=O)C(=C)C)cc1C(=O)O. The Bertz CT molecular complexity index is 893. The fraction of sp³-hybridized carbons (Fsp3) is 0.211. The molecule has 28 heavy (non-hydrogen) atoms. The number of hydrogen-bond donors (Lipinski definition) is 2. The van der Waals surface area contributed by atoms with Gasteiger partial charge in [-0.3, -0.25) is 0 Å². The number of rotatable bonds is 8. The summed E-state index contributed by atoms with van der Waals surface area (Å²) in [5.41, 5.74) is -1.51. The van der Waals surface area contributed by atoms with Gasteiger partial charge in [0.2, 0.25) is 0 Å². The number of carbonyl (C=O) groups is 5. The van der Waals surface area contributed by atoms with Gasteiger partial charge in [0, 0.05) is 17.6 Å². The molecule has 0 heterocycles. The second-order valence-corrected chi connectivity index (χ2v) is 5.79. The average molecular weight is 390 g/mol. The minimum Gasteiger partial charge on any atom is -0.478 e. The highest BCUT2D eigenvalue weighted by Gasteiger charge is 2.25. The van der Waals surface area contributed by atoms with Crippen molar-refractivity contribution in [1.82, 2.24) is 0 Å². The standard InChI is InChI=1S/C19H18O9/c1-9(2)17(24)27-6-5-11-7-13(16(22)23)14(8-12(11)15(20)21)19(26)28-18(25)10(3)4/h7-8H,1,3,5-6H2,2,4H3,(H,20,21)(H,22,23). The number of aromatic carboxylic acids is 2. The van der Waals surface area contributed by atoms with E-state index in [9.17, 15) is 34.2 Å². The number of carboxylic acid groups (broad SMARTS) is 2. The van der Waals surface area contributed by atoms with Crippen LogP contribution in [0.1, 0.15) is 50.5 Å². The van der Waals surface area contributed by atoms with Crippen molar-refractivity contribution in [3.05, 3.63) is 58.7 Å². The van der Waals surface area contributed by atoms with Crippen molar-refractivity contribution in [3.8, 4) is 0 Å². The Hall–Kier alpha value is -3.75. The first-order valence-electron chi connectivity index (χ1n) is 7.83. The number of carbonyl (C=O) groups excluding carboxylic acids is 3. The first-order valence-corrected chi connectivity index (χ1v) is 7.83. The van der Waals surface area contributed by atoms with Gasteiger partial charge in [0.1, 0.15) is 0 Å². The molecule has 0 aliphatic carbocycles. The van der Waals surface area contributed by atoms with Crippen LogP contribution in [-0.4, -0.2) is 46.7 Å². The van der Waals surface area contributed by atoms with Crippen molar-refractivity contribution in [2.75, 3.05) is 6.61 Å². The molecule has 0 saturated heterocycles. The van der Waals surface area contributed by atoms with Gasteiger partial charge in [0.05, 0.1) is 23.3 Å². The molecule has 9 nitrogen and oxygen atoms in total. The molecule has 0 saturated carbocycles. The van der Waals surface area contributed by atoms with E-state index in [4.69, 9.17) is 4.74 Å². The third-order valence-electron chi connectivity index (χ3n) is 3.41. The molecule has 0 aliphatic rings. The molecular formula is C19H18O9. The predicted octanol–water partition coefficient (Wildman–Crippen LogP) is 2.00. The van der Waals surface area contributed by atoms with Crippen molar-refractivity contribution in [3.63, 3.8) is 0 Å². The van der Waals surface area contributed by atoms with Crippen molar-refractivity contribution < 1.29 is 43.7 Å². The van der Waals surface area contributed by atoms with Crippen molar-refractivity contribution >= 4 is 29.8 Å². The molecule has 0 atom stereocenters. The van der Waals surface area contributed by atoms with Gasteiger partial charge in [-0.25, -0.2) is 24.0 Å². The van der Waals surface area contributed by atoms with E-state index in [0.29, 0.717) is 0 Å². The number of benzene rings is 1. The summed E-state index contributed by atoms with van der Waals surface area (Å²) in [6.45, 7) is 9.18. The van der Waals surface area contributed by atoms with Gasteiger partial charge in [0.15, 0.2) is 0 Å². The number of ether oxygens (including phenoxy) is 2. The van der Waals surface area contributed by atoms with E-state index >= 15 is 0 Å². The van der Waals surface area contributed by atoms with E-state index in [1.54, 1.807) is 0 Å². The minimum absolute atomic E-state index is 0.0159. The molecule has 0 bridgehead atoms. The van der Waals surface area contributed by atoms with Gasteiger partial charge in [-0.2, -0.15) is 0 Å². The fourth-order valence-corrected chi connectivity index (χ4v) is 2.00. The Morgan fingerprint density at radius 2 is 1.39 bits per heavy atom. The summed E-state index contributed by atoms with van der Waals surface area (Å²) in [6.07, 6.45) is -0.124. The third kappa shape index (κ3) is 5.63. The number of carboxylic acids is 2. The summed E-state index contributed by atoms with van der Waals surface area (Å²) >= 11 is 0. The predicted molar refractivity (Wildman–Crippen MR) is 95.1 cm³/mol. The van der Waals surface area contributed by atoms with Gasteiger partial charge < -0.3 is 19.7 Å². The summed E-state index contributed by atoms with van der Waals surface area (Å²) in [5.74, 6) is -6.07. The van der Waals surface area contributed by atoms with Gasteiger partial charge in [0.25, 0.3) is 0 Å². The molecule has 1 rings (SSSR count). The van der Waals surface area contributed by atoms with E-state index in [-0.39, 0.29) is 29.7 Å². The summed E-state index contributed by atoms with van der Waals surface area (Å²) in [5, 5.41) is 18.7. The van der Waals surface area contributed by atoms with Crippen LogP contribution in [0.5, 0.6) is 0 Å². The lowest BCUT2D eigenvalue weighted by atomic mass is 9.96. The lowest BCUT2D eigenvalue weighted by Crippen LogP contribution is -2.19. The van der Waals surface area contributed by atoms with Gasteiger partial charge in [-0.1, -0.05) is 13.2 Å². The van der Waals surface area contributed by atoms with Crippen LogP contribution in [0.25, 0.3) is 0 Å². The smallest absolute Gasteiger partial charge is 0.346 e. The monoisotopic (exact) mass is 390 g/mol. The van der Waals surface area contributed by atoms with Crippen LogP contribution in [0.2, 0.25) is 0 Å². The quantitative estimate of drug-likeness (QED) is 0.387. The van der Waals surface area contributed by atoms with Crippen LogP contribution >= 0.6 is 0 Å². The molecule has 0 spiro atoms. The topological polar surface area (TPSA) is 144 Å². The largest absolute Gasteiger partial charge is 0.478 e. The molecule has 0 unspecified atom stereocenters. The maximum Gasteiger partial charge on any atom is 0.346 e. The van der Waals surface area contributed by atoms with Crippen LogP contribution in [0.15, 0.2) is 36.4 Å². The maximum atomic E-state index is 12.1. The lowest BCUT2D eigenvalue weighted by molar-refractivity contribution is -0.139. The molecule has 2 N–H and O–H groups in total. The van der Waals surface area contributed by atoms with Crippen LogP contribution in [-0.2, 0) is 25.5 Å². The minimum atomic E-state index is -1.54. The van der Waals surface area contributed by atoms with Crippen molar-refractivity contribution in [1.29, 1.82) is 0 Å². The van der Waals surface area contributed by atoms with Gasteiger partial charge in [-0.05, 0) is 31.5 Å². The van der Waals surface area contributed by atoms with Gasteiger partial charge >= 0.3 is 29.8 Å². The third-order valence-corrected chi connectivity index (χ3v) is 3.41. The molecule has 0 aromatic heterocycles. The number of hydrogen-bond acceptors (Lipinski definition) is 7. The summed E-state index contributed by atoms with van der Waals surface area (Å²) in [6, 6.07) is 1.76. The Labute approximate surface area is 159 Å². The van der Waals surface area contributed by atoms with Crippen LogP contribution in [0.4, 0.5) is 0 Å². The van der Waals surface area contributed by atoms with E-state index in [2.05, 4.69) is 17.9 Å². The van der Waals surface area contributed by atoms with Crippen molar-refractivity contribution in [2.24, 2.45) is 0 Å². The Morgan fingerprint density at radius 3 is 1.86 bits per heavy atom. The summed E-state index contributed by atoms with van der Waals surface area (Å²) in [4.78, 5) is 58.0. The molecule has 9 heteroatoms. The Balaban J connectivity index is 3.29. The Kier molecular flexibility index (Phi) is 7.37. The number of esters is 3. The molecule has 0 fully saturated rings. The Morgan fingerprint density at radius 1 is 0.857 bits per heavy atom. The van der Waals surface area contributed by atoms with Crippen LogP contribution < -0.4 is 0 Å². The molecule has 0 radical (unpaired) electrons. The molecular weight excluding hydrogens is 372 g/mol. The highest BCUT2D eigenvalue weighted by Crippen LogP contribution is 2.20. The lowest BCUT2D eigenvalue weighted by Gasteiger charge is -2.12. The fourth-order valence-electron chi connectivity index (χ4n) is 2.00. The molecule has 1 aromatic carbocycles. The zero-order valence-electron chi connectivity index (χ0n) is 15.2. The highest BCUT2D eigenvalue weighted by molar-refractivity contribution is 6.09. The summed E-state index contributed by atoms with van der Waals surface area (Å²) in [7, 11) is 0. The average Bonchev–Trinajstić information content (AvgIpc) is 2.60. The van der Waals surface area contributed by atoms with E-state index in [1.807, 2.05) is 0 Å². The zero-order valence-corrected chi connectivity index (χ0v) is 15.2. The first-order chi connectivity index (χ1) is 13.0. The normalized spacial score (nSPS) is 9.93. The van der Waals surface area contributed by atoms with Crippen LogP contribution in [0.3, 0.4) is 0 Å². The molecule has 0 amide bonds. The first kappa shape index (κ1) is 22.3. The molecule has 0 aliphatic heterocycles. The zero-order chi connectivity index (χ0) is 21.6. The molecule has 148 valence electrons. The second kappa shape index (κ2) is 9.26. The van der Waals surface area contributed by atoms with E-state index in [0.717, 1.165) is 12.1 Å². The highest BCUT2D eigenvalue weighted by atomic mass is 16.6. The van der Waals surface area contributed by atoms with Gasteiger partial charge in [-0.15, -0.1) is 0 Å². The van der Waals surface area contributed by atoms with E-state index in [1.165, 1.54) is 13.8 Å². The maximum absolute atomic E-state index is 12.1. The summed E-state index contributed by atoms with van der Waals surface area (Å²) < 4.78 is 9.36. The molecule has 1 aromatic rings. The van der Waals surface area contributed by atoms with Crippen LogP contribution in [0, 0.1) is 0 Å². The van der Waals surface area contributed by atoms with E-state index < -0.39 is 46.5 Å².